The number of hydrogen-bond acceptors (Lipinski definition) is 27. The molecule has 87 heavy (non-hydrogen) atoms. The van der Waals surface area contributed by atoms with Crippen molar-refractivity contribution in [1.29, 1.82) is 0 Å². The van der Waals surface area contributed by atoms with Crippen LogP contribution in [0.1, 0.15) is 139 Å². The molecular formula is C57H72IMgN3O22S3. The van der Waals surface area contributed by atoms with E-state index in [-0.39, 0.29) is 52.3 Å². The molecule has 30 heteroatoms. The quantitative estimate of drug-likeness (QED) is 0.0171. The third kappa shape index (κ3) is 30.2. The minimum absolute atomic E-state index is 0. The van der Waals surface area contributed by atoms with E-state index in [0.29, 0.717) is 66.1 Å². The zero-order valence-corrected chi connectivity index (χ0v) is 57.7. The first-order valence-corrected chi connectivity index (χ1v) is 29.1. The average Bonchev–Trinajstić information content (AvgIpc) is 2.59. The number of methoxy groups -OCH3 is 6. The first kappa shape index (κ1) is 78.3. The number of thiophene rings is 3. The fourth-order valence-corrected chi connectivity index (χ4v) is 9.04. The van der Waals surface area contributed by atoms with E-state index < -0.39 is 77.0 Å². The van der Waals surface area contributed by atoms with E-state index in [1.54, 1.807) is 113 Å². The molecule has 6 rings (SSSR count). The Bertz CT molecular complexity index is 3070. The standard InChI is InChI=1S/2C16H19NO5S.C10H9NO4S.2C7H12O4.CH3I.Mg/c2*1-16(2,3)22-14(19)7-10(18)13-6-9-12(23-13)8-11(20-4)15(17-9)21-5;1-14-6-4-7-5(11-9(6)15-2)3-8(16-7)10(12)13;2*1-7(2,3)11-6(10)4-5(8)9;1-2;/h2*6,8H,7H2,1-5H3;3-4H,1-2H3,(H,12,13);2*4H2,1-3H3,(H,8,9);1H3;/q;;;;;;+2/p-2/i;;;;;1D;. The summed E-state index contributed by atoms with van der Waals surface area (Å²) in [6, 6.07) is 10.1. The average molecular weight is 1400 g/mol. The van der Waals surface area contributed by atoms with Crippen molar-refractivity contribution in [2.75, 3.05) is 47.6 Å². The molecule has 0 fully saturated rings. The Morgan fingerprint density at radius 3 is 0.885 bits per heavy atom. The number of pyridine rings is 3. The van der Waals surface area contributed by atoms with Crippen LogP contribution in [-0.2, 0) is 47.7 Å². The molecule has 0 aromatic carbocycles. The monoisotopic (exact) mass is 1400 g/mol. The van der Waals surface area contributed by atoms with Gasteiger partial charge in [-0.3, -0.25) is 28.8 Å². The molecule has 0 saturated carbocycles. The van der Waals surface area contributed by atoms with Gasteiger partial charge in [0.15, 0.2) is 28.8 Å². The molecule has 0 aliphatic heterocycles. The van der Waals surface area contributed by atoms with Crippen molar-refractivity contribution >= 4 is 164 Å². The molecule has 6 aromatic heterocycles. The molecule has 0 aliphatic rings. The van der Waals surface area contributed by atoms with E-state index in [4.69, 9.17) is 44.4 Å². The van der Waals surface area contributed by atoms with E-state index in [1.165, 1.54) is 71.4 Å². The summed E-state index contributed by atoms with van der Waals surface area (Å²) in [5.41, 5.74) is -0.640. The Morgan fingerprint density at radius 2 is 0.678 bits per heavy atom. The number of carboxylic acids is 3. The molecule has 6 heterocycles. The number of ether oxygens (including phenoxy) is 10. The van der Waals surface area contributed by atoms with Gasteiger partial charge < -0.3 is 72.3 Å². The summed E-state index contributed by atoms with van der Waals surface area (Å²) in [7, 11) is 9.04. The van der Waals surface area contributed by atoms with Crippen molar-refractivity contribution < 1.29 is 107 Å². The molecule has 0 aliphatic carbocycles. The SMILES string of the molecule is CC(C)(C)OC(=O)CC(=O)[O-].CC(C)(C)OC(=O)CC(=O)[O-].COc1cc2sc(C(=O)CC(=O)OC(C)(C)C)cc2nc1OC.COc1cc2sc(C(=O)CC(=O)OC(C)(C)C)cc2nc1OC.COc1cc2sc(C(=O)O)cc2nc1OC.[2H]CI.[Mg+2]. The summed E-state index contributed by atoms with van der Waals surface area (Å²) in [5.74, 6) is -4.45. The third-order valence-electron chi connectivity index (χ3n) is 9.17. The zero-order chi connectivity index (χ0) is 66.9. The molecule has 0 unspecified atom stereocenters. The van der Waals surface area contributed by atoms with Crippen molar-refractivity contribution in [3.63, 3.8) is 0 Å². The number of Topliss-reactive ketones (excluding diaryl/α,β-unsaturated/α-hetero) is 2. The number of hydrogen-bond donors (Lipinski definition) is 1. The summed E-state index contributed by atoms with van der Waals surface area (Å²) in [5, 5.41) is 28.6. The number of halogens is 1. The fraction of sp³-hybridized carbons (Fsp3) is 0.474. The summed E-state index contributed by atoms with van der Waals surface area (Å²) in [6.07, 6.45) is -1.95. The van der Waals surface area contributed by atoms with Crippen LogP contribution in [0.5, 0.6) is 34.9 Å². The Balaban J connectivity index is 0.00000109. The van der Waals surface area contributed by atoms with Crippen LogP contribution in [0.2, 0.25) is 0 Å². The number of carboxylic acid groups (broad SMARTS) is 3. The Kier molecular flexibility index (Phi) is 32.9. The normalized spacial score (nSPS) is 10.9. The Labute approximate surface area is 546 Å². The predicted molar refractivity (Wildman–Crippen MR) is 331 cm³/mol. The maximum atomic E-state index is 12.2. The summed E-state index contributed by atoms with van der Waals surface area (Å²) in [4.78, 5) is 114. The topological polar surface area (TPSA) is 351 Å². The van der Waals surface area contributed by atoms with Gasteiger partial charge in [0, 0.05) is 19.6 Å². The van der Waals surface area contributed by atoms with Crippen LogP contribution >= 0.6 is 56.6 Å². The van der Waals surface area contributed by atoms with Crippen LogP contribution in [0, 0.1) is 0 Å². The number of ketones is 2. The molecular weight excluding hydrogens is 1330 g/mol. The van der Waals surface area contributed by atoms with E-state index in [0.717, 1.165) is 25.4 Å². The zero-order valence-electron chi connectivity index (χ0n) is 52.7. The third-order valence-corrected chi connectivity index (χ3v) is 12.5. The van der Waals surface area contributed by atoms with Gasteiger partial charge in [0.25, 0.3) is 17.6 Å². The van der Waals surface area contributed by atoms with E-state index in [2.05, 4.69) is 24.4 Å². The van der Waals surface area contributed by atoms with Gasteiger partial charge in [-0.15, -0.1) is 34.0 Å². The molecule has 6 aromatic rings. The first-order chi connectivity index (χ1) is 40.1. The number of esters is 4. The number of rotatable bonds is 17. The molecule has 0 bridgehead atoms. The predicted octanol–water partition coefficient (Wildman–Crippen LogP) is 8.07. The van der Waals surface area contributed by atoms with Crippen LogP contribution in [0.25, 0.3) is 30.6 Å². The van der Waals surface area contributed by atoms with Gasteiger partial charge in [0.2, 0.25) is 0 Å². The molecule has 0 spiro atoms. The number of nitrogens with zero attached hydrogens (tertiary/aromatic N) is 3. The Hall–Kier alpha value is -6.74. The molecule has 1 N–H and O–H groups in total. The number of carbonyl (C=O) groups is 9. The number of carbonyl (C=O) groups excluding carboxylic acids is 8. The van der Waals surface area contributed by atoms with Gasteiger partial charge in [0.05, 0.1) is 108 Å². The number of alkyl halides is 1. The van der Waals surface area contributed by atoms with Gasteiger partial charge in [-0.05, 0) is 106 Å². The van der Waals surface area contributed by atoms with Crippen LogP contribution in [0.15, 0.2) is 36.4 Å². The molecule has 0 amide bonds. The van der Waals surface area contributed by atoms with E-state index >= 15 is 0 Å². The van der Waals surface area contributed by atoms with E-state index in [1.807, 2.05) is 22.6 Å². The molecule has 0 radical (unpaired) electrons. The number of aliphatic carboxylic acids is 2. The second-order valence-electron chi connectivity index (χ2n) is 21.0. The number of fused-ring (bicyclic) bond motifs is 3. The Morgan fingerprint density at radius 1 is 0.448 bits per heavy atom. The smallest absolute Gasteiger partial charge is 0.550 e. The second-order valence-corrected chi connectivity index (χ2v) is 24.3. The van der Waals surface area contributed by atoms with Crippen LogP contribution < -0.4 is 38.6 Å². The number of aromatic nitrogens is 3. The minimum Gasteiger partial charge on any atom is -0.550 e. The van der Waals surface area contributed by atoms with Crippen molar-refractivity contribution in [3.8, 4) is 34.9 Å². The van der Waals surface area contributed by atoms with Gasteiger partial charge in [-0.1, -0.05) is 22.6 Å². The second kappa shape index (κ2) is 36.5. The van der Waals surface area contributed by atoms with Gasteiger partial charge >= 0.3 is 52.9 Å². The molecule has 474 valence electrons. The number of aromatic carboxylic acids is 1. The first-order valence-electron chi connectivity index (χ1n) is 25.9. The van der Waals surface area contributed by atoms with Crippen molar-refractivity contribution in [3.05, 3.63) is 51.0 Å². The van der Waals surface area contributed by atoms with Gasteiger partial charge in [-0.2, -0.15) is 0 Å². The minimum atomic E-state index is -1.42. The summed E-state index contributed by atoms with van der Waals surface area (Å²) < 4.78 is 59.0. The maximum absolute atomic E-state index is 12.2. The van der Waals surface area contributed by atoms with Crippen molar-refractivity contribution in [2.24, 2.45) is 0 Å². The van der Waals surface area contributed by atoms with Crippen LogP contribution in [-0.4, -0.2) is 166 Å². The van der Waals surface area contributed by atoms with Crippen LogP contribution in [0.4, 0.5) is 0 Å². The molecule has 0 saturated heterocycles. The van der Waals surface area contributed by atoms with Crippen molar-refractivity contribution in [2.45, 2.75) is 131 Å². The van der Waals surface area contributed by atoms with Crippen LogP contribution in [0.3, 0.4) is 0 Å². The summed E-state index contributed by atoms with van der Waals surface area (Å²) >= 11 is 5.63. The van der Waals surface area contributed by atoms with Gasteiger partial charge in [-0.25, -0.2) is 19.7 Å². The molecule has 0 atom stereocenters. The summed E-state index contributed by atoms with van der Waals surface area (Å²) in [6.45, 7) is 20.6. The molecule has 25 nitrogen and oxygen atoms in total. The maximum Gasteiger partial charge on any atom is 2.00 e. The largest absolute Gasteiger partial charge is 2.00 e. The van der Waals surface area contributed by atoms with Gasteiger partial charge in [0.1, 0.15) is 40.1 Å². The van der Waals surface area contributed by atoms with E-state index in [9.17, 15) is 53.4 Å². The van der Waals surface area contributed by atoms with Crippen molar-refractivity contribution in [1.82, 2.24) is 15.0 Å². The fourth-order valence-electron chi connectivity index (χ4n) is 6.23.